The number of ether oxygens (including phenoxy) is 1. The summed E-state index contributed by atoms with van der Waals surface area (Å²) in [4.78, 5) is 0. The average molecular weight is 235 g/mol. The molecule has 0 aliphatic carbocycles. The summed E-state index contributed by atoms with van der Waals surface area (Å²) in [6.45, 7) is 0. The summed E-state index contributed by atoms with van der Waals surface area (Å²) in [5.41, 5.74) is 8.70. The van der Waals surface area contributed by atoms with Crippen molar-refractivity contribution in [2.45, 2.75) is 0 Å². The number of hydrogen-bond acceptors (Lipinski definition) is 3. The van der Waals surface area contributed by atoms with Crippen molar-refractivity contribution in [3.63, 3.8) is 0 Å². The van der Waals surface area contributed by atoms with Crippen LogP contribution in [0.3, 0.4) is 0 Å². The van der Waals surface area contributed by atoms with Crippen molar-refractivity contribution >= 4 is 29.6 Å². The van der Waals surface area contributed by atoms with Crippen LogP contribution < -0.4 is 15.9 Å². The number of nitrogens with two attached hydrogens (primary N) is 1. The number of thiocarbonyl (C=S) groups is 1. The first-order valence-electron chi connectivity index (χ1n) is 4.61. The molecule has 0 amide bonds. The molecule has 1 aromatic carbocycles. The van der Waals surface area contributed by atoms with Crippen molar-refractivity contribution in [2.75, 3.05) is 7.11 Å². The van der Waals surface area contributed by atoms with Gasteiger partial charge in [-0.25, -0.2) is 0 Å². The molecule has 0 saturated heterocycles. The summed E-state index contributed by atoms with van der Waals surface area (Å²) >= 11 is 4.58. The third kappa shape index (κ3) is 4.56. The van der Waals surface area contributed by atoms with Gasteiger partial charge in [0.15, 0.2) is 5.11 Å². The van der Waals surface area contributed by atoms with E-state index in [-0.39, 0.29) is 5.11 Å². The Bertz CT molecular complexity index is 398. The second-order valence-corrected chi connectivity index (χ2v) is 3.33. The van der Waals surface area contributed by atoms with Crippen LogP contribution in [0.15, 0.2) is 35.4 Å². The van der Waals surface area contributed by atoms with E-state index in [2.05, 4.69) is 22.7 Å². The maximum atomic E-state index is 5.19. The van der Waals surface area contributed by atoms with E-state index in [4.69, 9.17) is 10.5 Å². The molecule has 4 nitrogen and oxygen atoms in total. The fourth-order valence-electron chi connectivity index (χ4n) is 1.01. The third-order valence-corrected chi connectivity index (χ3v) is 1.83. The summed E-state index contributed by atoms with van der Waals surface area (Å²) in [6.07, 6.45) is 5.26. The minimum Gasteiger partial charge on any atom is -0.497 e. The highest BCUT2D eigenvalue weighted by molar-refractivity contribution is 7.80. The molecule has 0 heterocycles. The number of allylic oxidation sites excluding steroid dienone is 1. The summed E-state index contributed by atoms with van der Waals surface area (Å²) in [7, 11) is 1.64. The summed E-state index contributed by atoms with van der Waals surface area (Å²) in [5.74, 6) is 0.834. The number of benzene rings is 1. The molecule has 84 valence electrons. The van der Waals surface area contributed by atoms with Crippen LogP contribution in [0.25, 0.3) is 6.08 Å². The summed E-state index contributed by atoms with van der Waals surface area (Å²) in [6, 6.07) is 7.68. The molecule has 0 unspecified atom stereocenters. The van der Waals surface area contributed by atoms with Crippen molar-refractivity contribution in [3.8, 4) is 5.75 Å². The zero-order chi connectivity index (χ0) is 11.8. The van der Waals surface area contributed by atoms with Gasteiger partial charge in [0.2, 0.25) is 0 Å². The first-order valence-corrected chi connectivity index (χ1v) is 5.02. The number of methoxy groups -OCH3 is 1. The monoisotopic (exact) mass is 235 g/mol. The van der Waals surface area contributed by atoms with Crippen LogP contribution >= 0.6 is 12.2 Å². The van der Waals surface area contributed by atoms with Crippen molar-refractivity contribution in [3.05, 3.63) is 35.9 Å². The third-order valence-electron chi connectivity index (χ3n) is 1.74. The van der Waals surface area contributed by atoms with E-state index < -0.39 is 0 Å². The standard InChI is InChI=1S/C11H13N3OS/c1-15-10-6-4-9(5-7-10)3-2-8-13-14-11(12)16/h2-8H,1H3,(H3,12,14,16)/b3-2-,13-8+. The van der Waals surface area contributed by atoms with E-state index in [1.54, 1.807) is 19.4 Å². The highest BCUT2D eigenvalue weighted by Crippen LogP contribution is 2.11. The van der Waals surface area contributed by atoms with Gasteiger partial charge < -0.3 is 10.5 Å². The number of hydrazone groups is 1. The van der Waals surface area contributed by atoms with Crippen molar-refractivity contribution in [1.29, 1.82) is 0 Å². The topological polar surface area (TPSA) is 59.6 Å². The van der Waals surface area contributed by atoms with Crippen LogP contribution in [-0.2, 0) is 0 Å². The van der Waals surface area contributed by atoms with Crippen molar-refractivity contribution in [1.82, 2.24) is 5.43 Å². The Kier molecular flexibility index (Phi) is 5.01. The molecule has 0 aliphatic rings. The van der Waals surface area contributed by atoms with E-state index in [1.807, 2.05) is 30.3 Å². The molecule has 0 spiro atoms. The largest absolute Gasteiger partial charge is 0.497 e. The molecule has 0 bridgehead atoms. The summed E-state index contributed by atoms with van der Waals surface area (Å²) in [5, 5.41) is 3.91. The molecule has 5 heteroatoms. The predicted octanol–water partition coefficient (Wildman–Crippen LogP) is 1.53. The highest BCUT2D eigenvalue weighted by atomic mass is 32.1. The number of nitrogens with zero attached hydrogens (tertiary/aromatic N) is 1. The van der Waals surface area contributed by atoms with Gasteiger partial charge >= 0.3 is 0 Å². The van der Waals surface area contributed by atoms with Crippen molar-refractivity contribution < 1.29 is 4.74 Å². The normalized spacial score (nSPS) is 10.8. The quantitative estimate of drug-likeness (QED) is 0.472. The molecule has 0 aliphatic heterocycles. The van der Waals surface area contributed by atoms with E-state index in [0.29, 0.717) is 0 Å². The Balaban J connectivity index is 2.49. The van der Waals surface area contributed by atoms with Crippen LogP contribution in [0.2, 0.25) is 0 Å². The lowest BCUT2D eigenvalue weighted by Gasteiger charge is -1.98. The zero-order valence-electron chi connectivity index (χ0n) is 8.88. The van der Waals surface area contributed by atoms with Gasteiger partial charge in [0.1, 0.15) is 5.75 Å². The molecular weight excluding hydrogens is 222 g/mol. The Morgan fingerprint density at radius 2 is 2.12 bits per heavy atom. The van der Waals surface area contributed by atoms with Gasteiger partial charge in [-0.1, -0.05) is 18.2 Å². The maximum absolute atomic E-state index is 5.19. The lowest BCUT2D eigenvalue weighted by Crippen LogP contribution is -2.23. The molecule has 0 fully saturated rings. The first-order chi connectivity index (χ1) is 7.72. The number of rotatable bonds is 4. The van der Waals surface area contributed by atoms with Gasteiger partial charge in [0.05, 0.1) is 7.11 Å². The minimum absolute atomic E-state index is 0.147. The molecule has 16 heavy (non-hydrogen) atoms. The van der Waals surface area contributed by atoms with Gasteiger partial charge in [-0.2, -0.15) is 5.10 Å². The number of hydrogen-bond donors (Lipinski definition) is 2. The van der Waals surface area contributed by atoms with Crippen LogP contribution in [0, 0.1) is 0 Å². The van der Waals surface area contributed by atoms with E-state index >= 15 is 0 Å². The minimum atomic E-state index is 0.147. The highest BCUT2D eigenvalue weighted by Gasteiger charge is 1.88. The van der Waals surface area contributed by atoms with E-state index in [9.17, 15) is 0 Å². The second kappa shape index (κ2) is 6.58. The fourth-order valence-corrected chi connectivity index (χ4v) is 1.07. The van der Waals surface area contributed by atoms with Gasteiger partial charge in [0.25, 0.3) is 0 Å². The fraction of sp³-hybridized carbons (Fsp3) is 0.0909. The van der Waals surface area contributed by atoms with E-state index in [0.717, 1.165) is 11.3 Å². The smallest absolute Gasteiger partial charge is 0.184 e. The van der Waals surface area contributed by atoms with Crippen molar-refractivity contribution in [2.24, 2.45) is 10.8 Å². The molecule has 1 aromatic rings. The second-order valence-electron chi connectivity index (χ2n) is 2.89. The lowest BCUT2D eigenvalue weighted by atomic mass is 10.2. The Morgan fingerprint density at radius 1 is 1.44 bits per heavy atom. The Morgan fingerprint density at radius 3 is 2.69 bits per heavy atom. The Labute approximate surface area is 99.8 Å². The lowest BCUT2D eigenvalue weighted by molar-refractivity contribution is 0.415. The van der Waals surface area contributed by atoms with Crippen LogP contribution in [-0.4, -0.2) is 18.4 Å². The molecule has 3 N–H and O–H groups in total. The molecule has 0 aromatic heterocycles. The summed E-state index contributed by atoms with van der Waals surface area (Å²) < 4.78 is 5.05. The zero-order valence-corrected chi connectivity index (χ0v) is 9.70. The van der Waals surface area contributed by atoms with Gasteiger partial charge in [-0.15, -0.1) is 0 Å². The van der Waals surface area contributed by atoms with E-state index in [1.165, 1.54) is 0 Å². The molecule has 0 atom stereocenters. The van der Waals surface area contributed by atoms with Gasteiger partial charge in [-0.05, 0) is 36.0 Å². The molecule has 0 radical (unpaired) electrons. The van der Waals surface area contributed by atoms with Crippen LogP contribution in [0.4, 0.5) is 0 Å². The predicted molar refractivity (Wildman–Crippen MR) is 70.4 cm³/mol. The molecular formula is C11H13N3OS. The molecule has 1 rings (SSSR count). The number of nitrogens with one attached hydrogen (secondary N) is 1. The SMILES string of the molecule is COc1ccc(/C=C\C=N\NC(N)=S)cc1. The van der Waals surface area contributed by atoms with Gasteiger partial charge in [0, 0.05) is 6.21 Å². The maximum Gasteiger partial charge on any atom is 0.184 e. The van der Waals surface area contributed by atoms with Crippen LogP contribution in [0.1, 0.15) is 5.56 Å². The first kappa shape index (κ1) is 12.2. The average Bonchev–Trinajstić information content (AvgIpc) is 2.29. The molecule has 0 saturated carbocycles. The van der Waals surface area contributed by atoms with Gasteiger partial charge in [-0.3, -0.25) is 5.43 Å². The van der Waals surface area contributed by atoms with Crippen LogP contribution in [0.5, 0.6) is 5.75 Å². The Hall–Kier alpha value is -1.88.